The van der Waals surface area contributed by atoms with E-state index in [0.717, 1.165) is 32.1 Å². The average Bonchev–Trinajstić information content (AvgIpc) is 2.91. The SMILES string of the molecule is CCCCCCCCCCCC(=O)O.CCCCCCCCCCCC(=O)Oc1c(Cl)c(Cl)c(Cl)c(Cl)c1Cl. The Morgan fingerprint density at radius 1 is 0.513 bits per heavy atom. The van der Waals surface area contributed by atoms with Gasteiger partial charge in [-0.3, -0.25) is 9.59 Å². The van der Waals surface area contributed by atoms with Crippen LogP contribution in [0.2, 0.25) is 25.1 Å². The molecule has 0 fully saturated rings. The molecule has 0 aliphatic carbocycles. The molecule has 1 aromatic rings. The summed E-state index contributed by atoms with van der Waals surface area (Å²) in [5.41, 5.74) is 0. The van der Waals surface area contributed by atoms with E-state index < -0.39 is 11.9 Å². The van der Waals surface area contributed by atoms with Gasteiger partial charge in [-0.25, -0.2) is 0 Å². The summed E-state index contributed by atoms with van der Waals surface area (Å²) in [6, 6.07) is 0. The van der Waals surface area contributed by atoms with Crippen molar-refractivity contribution in [2.24, 2.45) is 0 Å². The highest BCUT2D eigenvalue weighted by atomic mass is 35.5. The molecule has 0 saturated carbocycles. The third kappa shape index (κ3) is 19.4. The molecule has 0 bridgehead atoms. The lowest BCUT2D eigenvalue weighted by atomic mass is 10.1. The van der Waals surface area contributed by atoms with Gasteiger partial charge in [0.25, 0.3) is 0 Å². The van der Waals surface area contributed by atoms with Gasteiger partial charge in [0.15, 0.2) is 5.75 Å². The molecule has 0 atom stereocenters. The Morgan fingerprint density at radius 2 is 0.821 bits per heavy atom. The van der Waals surface area contributed by atoms with Crippen molar-refractivity contribution in [1.82, 2.24) is 0 Å². The number of carboxylic acids is 1. The lowest BCUT2D eigenvalue weighted by Gasteiger charge is -2.12. The molecule has 0 radical (unpaired) electrons. The Labute approximate surface area is 261 Å². The van der Waals surface area contributed by atoms with E-state index in [0.29, 0.717) is 12.8 Å². The Bertz CT molecular complexity index is 788. The van der Waals surface area contributed by atoms with Crippen LogP contribution in [0, 0.1) is 0 Å². The van der Waals surface area contributed by atoms with Crippen LogP contribution in [-0.4, -0.2) is 17.0 Å². The van der Waals surface area contributed by atoms with E-state index in [1.807, 2.05) is 0 Å². The molecule has 9 heteroatoms. The van der Waals surface area contributed by atoms with E-state index in [9.17, 15) is 9.59 Å². The number of aliphatic carboxylic acids is 1. The zero-order valence-corrected chi connectivity index (χ0v) is 27.5. The summed E-state index contributed by atoms with van der Waals surface area (Å²) in [4.78, 5) is 22.2. The number of carbonyl (C=O) groups is 2. The number of unbranched alkanes of at least 4 members (excludes halogenated alkanes) is 16. The van der Waals surface area contributed by atoms with E-state index in [-0.39, 0.29) is 30.9 Å². The van der Waals surface area contributed by atoms with Gasteiger partial charge >= 0.3 is 11.9 Å². The third-order valence-electron chi connectivity index (χ3n) is 6.36. The fourth-order valence-corrected chi connectivity index (χ4v) is 5.20. The minimum Gasteiger partial charge on any atom is -0.481 e. The quantitative estimate of drug-likeness (QED) is 0.0474. The number of halogens is 5. The lowest BCUT2D eigenvalue weighted by molar-refractivity contribution is -0.137. The van der Waals surface area contributed by atoms with Crippen molar-refractivity contribution in [3.8, 4) is 5.75 Å². The Morgan fingerprint density at radius 3 is 1.18 bits per heavy atom. The maximum absolute atomic E-state index is 12.0. The second-order valence-corrected chi connectivity index (χ2v) is 11.8. The zero-order chi connectivity index (χ0) is 29.5. The molecule has 0 amide bonds. The van der Waals surface area contributed by atoms with Crippen molar-refractivity contribution in [1.29, 1.82) is 0 Å². The van der Waals surface area contributed by atoms with Gasteiger partial charge in [-0.2, -0.15) is 0 Å². The van der Waals surface area contributed by atoms with Crippen LogP contribution in [0.5, 0.6) is 5.75 Å². The van der Waals surface area contributed by atoms with Crippen LogP contribution in [0.25, 0.3) is 0 Å². The summed E-state index contributed by atoms with van der Waals surface area (Å²) in [5.74, 6) is -1.11. The third-order valence-corrected chi connectivity index (χ3v) is 8.61. The molecule has 1 N–H and O–H groups in total. The van der Waals surface area contributed by atoms with E-state index in [1.165, 1.54) is 83.5 Å². The summed E-state index contributed by atoms with van der Waals surface area (Å²) < 4.78 is 5.23. The van der Waals surface area contributed by atoms with Crippen molar-refractivity contribution in [2.75, 3.05) is 0 Å². The highest BCUT2D eigenvalue weighted by molar-refractivity contribution is 6.55. The van der Waals surface area contributed by atoms with Crippen LogP contribution >= 0.6 is 58.0 Å². The van der Waals surface area contributed by atoms with Crippen molar-refractivity contribution in [3.63, 3.8) is 0 Å². The van der Waals surface area contributed by atoms with Crippen LogP contribution in [0.3, 0.4) is 0 Å². The minimum absolute atomic E-state index is 0.0125. The summed E-state index contributed by atoms with van der Waals surface area (Å²) in [6.45, 7) is 4.44. The number of benzene rings is 1. The molecular formula is C30H47Cl5O4. The topological polar surface area (TPSA) is 63.6 Å². The first kappa shape index (κ1) is 38.6. The fourth-order valence-electron chi connectivity index (χ4n) is 4.01. The number of hydrogen-bond acceptors (Lipinski definition) is 3. The van der Waals surface area contributed by atoms with Gasteiger partial charge in [-0.1, -0.05) is 175 Å². The van der Waals surface area contributed by atoms with Crippen molar-refractivity contribution in [3.05, 3.63) is 25.1 Å². The number of carbonyl (C=O) groups excluding carboxylic acids is 1. The molecule has 1 rings (SSSR count). The maximum atomic E-state index is 12.0. The van der Waals surface area contributed by atoms with Crippen LogP contribution in [-0.2, 0) is 9.59 Å². The summed E-state index contributed by atoms with van der Waals surface area (Å²) in [7, 11) is 0. The zero-order valence-electron chi connectivity index (χ0n) is 23.7. The molecule has 0 aliphatic rings. The van der Waals surface area contributed by atoms with Crippen LogP contribution in [0.4, 0.5) is 0 Å². The lowest BCUT2D eigenvalue weighted by Crippen LogP contribution is -2.08. The standard InChI is InChI=1S/C18H23Cl5O2.C12H24O2/c1-2-3-4-5-6-7-8-9-10-11-12(24)25-18-16(22)14(20)13(19)15(21)17(18)23;1-2-3-4-5-6-7-8-9-10-11-12(13)14/h2-11H2,1H3;2-11H2,1H3,(H,13,14). The fraction of sp³-hybridized carbons (Fsp3) is 0.733. The molecule has 1 aromatic carbocycles. The van der Waals surface area contributed by atoms with E-state index in [4.69, 9.17) is 67.8 Å². The maximum Gasteiger partial charge on any atom is 0.311 e. The van der Waals surface area contributed by atoms with Gasteiger partial charge in [0.05, 0.1) is 15.1 Å². The van der Waals surface area contributed by atoms with Crippen molar-refractivity contribution in [2.45, 2.75) is 142 Å². The molecule has 0 aromatic heterocycles. The summed E-state index contributed by atoms with van der Waals surface area (Å²) in [6.07, 6.45) is 22.3. The number of carboxylic acid groups (broad SMARTS) is 1. The molecule has 4 nitrogen and oxygen atoms in total. The second-order valence-electron chi connectivity index (χ2n) is 9.92. The summed E-state index contributed by atoms with van der Waals surface area (Å²) in [5, 5.41) is 8.46. The minimum atomic E-state index is -0.659. The molecule has 0 unspecified atom stereocenters. The Balaban J connectivity index is 0.000000876. The van der Waals surface area contributed by atoms with E-state index in [1.54, 1.807) is 0 Å². The number of ether oxygens (including phenoxy) is 1. The number of esters is 1. The predicted molar refractivity (Wildman–Crippen MR) is 168 cm³/mol. The predicted octanol–water partition coefficient (Wildman–Crippen LogP) is 12.8. The monoisotopic (exact) mass is 646 g/mol. The van der Waals surface area contributed by atoms with Crippen LogP contribution in [0.15, 0.2) is 0 Å². The first-order valence-electron chi connectivity index (χ1n) is 14.6. The average molecular weight is 649 g/mol. The highest BCUT2D eigenvalue weighted by Crippen LogP contribution is 2.48. The van der Waals surface area contributed by atoms with Gasteiger partial charge < -0.3 is 9.84 Å². The van der Waals surface area contributed by atoms with E-state index in [2.05, 4.69) is 13.8 Å². The van der Waals surface area contributed by atoms with Crippen molar-refractivity contribution >= 4 is 69.9 Å². The second kappa shape index (κ2) is 25.3. The molecule has 0 saturated heterocycles. The largest absolute Gasteiger partial charge is 0.481 e. The van der Waals surface area contributed by atoms with Crippen LogP contribution in [0.1, 0.15) is 142 Å². The molecule has 39 heavy (non-hydrogen) atoms. The number of rotatable bonds is 21. The van der Waals surface area contributed by atoms with Gasteiger partial charge in [-0.05, 0) is 12.8 Å². The van der Waals surface area contributed by atoms with Gasteiger partial charge in [0, 0.05) is 12.8 Å². The molecular weight excluding hydrogens is 602 g/mol. The first-order chi connectivity index (χ1) is 18.7. The Hall–Kier alpha value is -0.390. The van der Waals surface area contributed by atoms with Crippen LogP contribution < -0.4 is 4.74 Å². The first-order valence-corrected chi connectivity index (χ1v) is 16.5. The molecule has 0 heterocycles. The summed E-state index contributed by atoms with van der Waals surface area (Å²) >= 11 is 29.9. The van der Waals surface area contributed by atoms with Gasteiger partial charge in [-0.15, -0.1) is 0 Å². The molecule has 0 aliphatic heterocycles. The van der Waals surface area contributed by atoms with Gasteiger partial charge in [0.2, 0.25) is 0 Å². The highest BCUT2D eigenvalue weighted by Gasteiger charge is 2.22. The Kier molecular flexibility index (Phi) is 25.1. The normalized spacial score (nSPS) is 10.7. The number of hydrogen-bond donors (Lipinski definition) is 1. The van der Waals surface area contributed by atoms with E-state index >= 15 is 0 Å². The van der Waals surface area contributed by atoms with Crippen molar-refractivity contribution < 1.29 is 19.4 Å². The molecule has 226 valence electrons. The smallest absolute Gasteiger partial charge is 0.311 e. The molecule has 0 spiro atoms. The van der Waals surface area contributed by atoms with Gasteiger partial charge in [0.1, 0.15) is 10.0 Å².